The maximum atomic E-state index is 11.7. The molecule has 0 aliphatic carbocycles. The second-order valence-electron chi connectivity index (χ2n) is 7.86. The van der Waals surface area contributed by atoms with Crippen LogP contribution in [0, 0.1) is 0 Å². The molecule has 1 unspecified atom stereocenters. The van der Waals surface area contributed by atoms with E-state index in [1.807, 2.05) is 54.1 Å². The third kappa shape index (κ3) is 4.69. The average Bonchev–Trinajstić information content (AvgIpc) is 3.30. The second kappa shape index (κ2) is 9.11. The third-order valence-corrected chi connectivity index (χ3v) is 6.46. The van der Waals surface area contributed by atoms with Crippen LogP contribution in [-0.2, 0) is 24.9 Å². The van der Waals surface area contributed by atoms with E-state index in [9.17, 15) is 14.7 Å². The number of hydrogen-bond acceptors (Lipinski definition) is 7. The van der Waals surface area contributed by atoms with E-state index in [-0.39, 0.29) is 28.8 Å². The molecule has 172 valence electrons. The molecule has 34 heavy (non-hydrogen) atoms. The zero-order valence-corrected chi connectivity index (χ0v) is 19.0. The van der Waals surface area contributed by atoms with Crippen LogP contribution in [0.2, 0.25) is 0 Å². The summed E-state index contributed by atoms with van der Waals surface area (Å²) < 4.78 is 13.7. The number of aromatic hydroxyl groups is 1. The first kappa shape index (κ1) is 21.8. The number of nitrogens with one attached hydrogen (secondary N) is 1. The van der Waals surface area contributed by atoms with Crippen molar-refractivity contribution in [2.75, 3.05) is 0 Å². The summed E-state index contributed by atoms with van der Waals surface area (Å²) in [7, 11) is 1.92. The predicted octanol–water partition coefficient (Wildman–Crippen LogP) is 4.54. The normalized spacial score (nSPS) is 15.5. The van der Waals surface area contributed by atoms with E-state index in [4.69, 9.17) is 9.47 Å². The summed E-state index contributed by atoms with van der Waals surface area (Å²) in [4.78, 5) is 27.7. The summed E-state index contributed by atoms with van der Waals surface area (Å²) in [6.07, 6.45) is 0.486. The Labute approximate surface area is 199 Å². The summed E-state index contributed by atoms with van der Waals surface area (Å²) in [5, 5.41) is 11.2. The monoisotopic (exact) mass is 475 g/mol. The van der Waals surface area contributed by atoms with Crippen LogP contribution in [0.5, 0.6) is 23.0 Å². The molecule has 0 radical (unpaired) electrons. The fourth-order valence-electron chi connectivity index (χ4n) is 3.71. The Morgan fingerprint density at radius 1 is 1.03 bits per heavy atom. The molecule has 1 fully saturated rings. The van der Waals surface area contributed by atoms with Crippen LogP contribution < -0.4 is 14.8 Å². The molecule has 1 aliphatic rings. The maximum Gasteiger partial charge on any atom is 0.286 e. The number of imide groups is 1. The number of rotatable bonds is 7. The molecule has 0 saturated carbocycles. The number of thioether (sulfide) groups is 1. The van der Waals surface area contributed by atoms with E-state index in [1.54, 1.807) is 24.3 Å². The topological polar surface area (TPSA) is 103 Å². The molecule has 0 bridgehead atoms. The van der Waals surface area contributed by atoms with Gasteiger partial charge in [-0.25, -0.2) is 4.98 Å². The average molecular weight is 476 g/mol. The van der Waals surface area contributed by atoms with Crippen LogP contribution in [0.3, 0.4) is 0 Å². The summed E-state index contributed by atoms with van der Waals surface area (Å²) in [5.74, 6) is 2.53. The van der Waals surface area contributed by atoms with Crippen molar-refractivity contribution in [1.29, 1.82) is 0 Å². The molecule has 2 N–H and O–H groups in total. The molecule has 1 atom stereocenters. The van der Waals surface area contributed by atoms with Gasteiger partial charge in [-0.3, -0.25) is 14.9 Å². The number of aryl methyl sites for hydroxylation is 1. The Morgan fingerprint density at radius 2 is 1.79 bits per heavy atom. The molecule has 3 aromatic carbocycles. The molecule has 1 aliphatic heterocycles. The zero-order chi connectivity index (χ0) is 23.7. The second-order valence-corrected chi connectivity index (χ2v) is 9.03. The number of imidazole rings is 1. The minimum absolute atomic E-state index is 0.143. The SMILES string of the molecule is Cn1c(COc2ccc(CC3SC(=O)NC3=O)cc2)nc2ccc(Oc3cccc(O)c3)cc21. The number of nitrogens with zero attached hydrogens (tertiary/aromatic N) is 2. The van der Waals surface area contributed by atoms with Gasteiger partial charge in [0.25, 0.3) is 5.24 Å². The van der Waals surface area contributed by atoms with Crippen molar-refractivity contribution in [3.05, 3.63) is 78.1 Å². The van der Waals surface area contributed by atoms with Gasteiger partial charge in [0.05, 0.1) is 16.3 Å². The quantitative estimate of drug-likeness (QED) is 0.404. The van der Waals surface area contributed by atoms with E-state index < -0.39 is 0 Å². The highest BCUT2D eigenvalue weighted by atomic mass is 32.2. The van der Waals surface area contributed by atoms with E-state index in [0.717, 1.165) is 34.2 Å². The van der Waals surface area contributed by atoms with Gasteiger partial charge in [-0.05, 0) is 48.4 Å². The lowest BCUT2D eigenvalue weighted by Gasteiger charge is -2.09. The highest BCUT2D eigenvalue weighted by Crippen LogP contribution is 2.28. The van der Waals surface area contributed by atoms with Gasteiger partial charge in [-0.2, -0.15) is 0 Å². The van der Waals surface area contributed by atoms with Crippen LogP contribution in [0.1, 0.15) is 11.4 Å². The van der Waals surface area contributed by atoms with E-state index >= 15 is 0 Å². The number of benzene rings is 3. The Hall–Kier alpha value is -3.98. The summed E-state index contributed by atoms with van der Waals surface area (Å²) in [5.41, 5.74) is 2.67. The molecule has 4 aromatic rings. The standard InChI is InChI=1S/C25H21N3O5S/c1-28-21-13-19(33-18-4-2-3-16(29)12-18)9-10-20(21)26-23(28)14-32-17-7-5-15(6-8-17)11-22-24(30)27-25(31)34-22/h2-10,12-13,22,29H,11,14H2,1H3,(H,27,30,31). The zero-order valence-electron chi connectivity index (χ0n) is 18.2. The number of phenolic OH excluding ortho intramolecular Hbond substituents is 1. The number of hydrogen-bond donors (Lipinski definition) is 2. The number of aromatic nitrogens is 2. The Morgan fingerprint density at radius 3 is 2.53 bits per heavy atom. The molecule has 8 nitrogen and oxygen atoms in total. The Bertz CT molecular complexity index is 1380. The van der Waals surface area contributed by atoms with Crippen LogP contribution >= 0.6 is 11.8 Å². The minimum Gasteiger partial charge on any atom is -0.508 e. The molecular weight excluding hydrogens is 454 g/mol. The fourth-order valence-corrected chi connectivity index (χ4v) is 4.57. The fraction of sp³-hybridized carbons (Fsp3) is 0.160. The van der Waals surface area contributed by atoms with Crippen molar-refractivity contribution in [3.63, 3.8) is 0 Å². The molecule has 9 heteroatoms. The summed E-state index contributed by atoms with van der Waals surface area (Å²) in [6, 6.07) is 19.7. The van der Waals surface area contributed by atoms with Crippen LogP contribution in [0.25, 0.3) is 11.0 Å². The first-order valence-corrected chi connectivity index (χ1v) is 11.5. The van der Waals surface area contributed by atoms with Gasteiger partial charge in [0.1, 0.15) is 35.4 Å². The van der Waals surface area contributed by atoms with Crippen molar-refractivity contribution in [1.82, 2.24) is 14.9 Å². The van der Waals surface area contributed by atoms with Gasteiger partial charge >= 0.3 is 0 Å². The molecule has 2 heterocycles. The number of ether oxygens (including phenoxy) is 2. The Kier molecular flexibility index (Phi) is 5.85. The van der Waals surface area contributed by atoms with Gasteiger partial charge in [-0.15, -0.1) is 0 Å². The van der Waals surface area contributed by atoms with Crippen LogP contribution in [0.15, 0.2) is 66.7 Å². The van der Waals surface area contributed by atoms with Crippen LogP contribution in [0.4, 0.5) is 4.79 Å². The van der Waals surface area contributed by atoms with Crippen molar-refractivity contribution in [2.45, 2.75) is 18.3 Å². The molecular formula is C25H21N3O5S. The summed E-state index contributed by atoms with van der Waals surface area (Å²) in [6.45, 7) is 0.280. The van der Waals surface area contributed by atoms with Crippen molar-refractivity contribution in [3.8, 4) is 23.0 Å². The lowest BCUT2D eigenvalue weighted by Crippen LogP contribution is -2.25. The van der Waals surface area contributed by atoms with Gasteiger partial charge in [-0.1, -0.05) is 30.0 Å². The molecule has 5 rings (SSSR count). The first-order chi connectivity index (χ1) is 16.4. The number of phenols is 1. The van der Waals surface area contributed by atoms with E-state index in [1.165, 1.54) is 0 Å². The van der Waals surface area contributed by atoms with Gasteiger partial charge < -0.3 is 19.1 Å². The molecule has 1 saturated heterocycles. The van der Waals surface area contributed by atoms with E-state index in [2.05, 4.69) is 10.3 Å². The lowest BCUT2D eigenvalue weighted by atomic mass is 10.1. The molecule has 0 spiro atoms. The number of fused-ring (bicyclic) bond motifs is 1. The number of carbonyl (C=O) groups is 2. The van der Waals surface area contributed by atoms with Crippen LogP contribution in [-0.4, -0.2) is 31.1 Å². The van der Waals surface area contributed by atoms with Crippen molar-refractivity contribution < 1.29 is 24.2 Å². The largest absolute Gasteiger partial charge is 0.508 e. The summed E-state index contributed by atoms with van der Waals surface area (Å²) >= 11 is 1.02. The number of amides is 2. The Balaban J connectivity index is 1.24. The highest BCUT2D eigenvalue weighted by molar-refractivity contribution is 8.15. The van der Waals surface area contributed by atoms with Gasteiger partial charge in [0.2, 0.25) is 5.91 Å². The third-order valence-electron chi connectivity index (χ3n) is 5.48. The smallest absolute Gasteiger partial charge is 0.286 e. The molecule has 1 aromatic heterocycles. The first-order valence-electron chi connectivity index (χ1n) is 10.6. The van der Waals surface area contributed by atoms with E-state index in [0.29, 0.717) is 23.7 Å². The maximum absolute atomic E-state index is 11.7. The van der Waals surface area contributed by atoms with Gasteiger partial charge in [0.15, 0.2) is 0 Å². The minimum atomic E-state index is -0.388. The van der Waals surface area contributed by atoms with Crippen molar-refractivity contribution in [2.24, 2.45) is 7.05 Å². The van der Waals surface area contributed by atoms with Crippen molar-refractivity contribution >= 4 is 33.9 Å². The number of carbonyl (C=O) groups excluding carboxylic acids is 2. The van der Waals surface area contributed by atoms with Gasteiger partial charge in [0, 0.05) is 19.2 Å². The predicted molar refractivity (Wildman–Crippen MR) is 128 cm³/mol. The molecule has 2 amide bonds. The lowest BCUT2D eigenvalue weighted by molar-refractivity contribution is -0.118. The highest BCUT2D eigenvalue weighted by Gasteiger charge is 2.31.